The quantitative estimate of drug-likeness (QED) is 0.769. The van der Waals surface area contributed by atoms with Crippen LogP contribution in [0.3, 0.4) is 0 Å². The summed E-state index contributed by atoms with van der Waals surface area (Å²) in [7, 11) is 0. The van der Waals surface area contributed by atoms with Crippen LogP contribution in [-0.4, -0.2) is 28.6 Å². The van der Waals surface area contributed by atoms with Crippen LogP contribution in [0.25, 0.3) is 0 Å². The molecule has 1 N–H and O–H groups in total. The lowest BCUT2D eigenvalue weighted by Gasteiger charge is -2.28. The van der Waals surface area contributed by atoms with Gasteiger partial charge in [0.2, 0.25) is 5.91 Å². The Labute approximate surface area is 92.2 Å². The van der Waals surface area contributed by atoms with E-state index in [0.29, 0.717) is 6.04 Å². The Kier molecular flexibility index (Phi) is 2.53. The lowest BCUT2D eigenvalue weighted by atomic mass is 9.99. The Morgan fingerprint density at radius 3 is 2.60 bits per heavy atom. The van der Waals surface area contributed by atoms with Crippen LogP contribution in [0.1, 0.15) is 47.0 Å². The molecule has 3 nitrogen and oxygen atoms in total. The van der Waals surface area contributed by atoms with Gasteiger partial charge in [0, 0.05) is 6.04 Å². The molecule has 3 heteroatoms. The van der Waals surface area contributed by atoms with Gasteiger partial charge in [0.05, 0.1) is 11.7 Å². The van der Waals surface area contributed by atoms with E-state index in [1.807, 2.05) is 6.92 Å². The second kappa shape index (κ2) is 3.48. The predicted octanol–water partition coefficient (Wildman–Crippen LogP) is 1.73. The van der Waals surface area contributed by atoms with E-state index >= 15 is 0 Å². The molecule has 0 spiro atoms. The van der Waals surface area contributed by atoms with Gasteiger partial charge in [-0.3, -0.25) is 10.1 Å². The minimum Gasteiger partial charge on any atom is -0.323 e. The zero-order valence-electron chi connectivity index (χ0n) is 10.2. The lowest BCUT2D eigenvalue weighted by molar-refractivity contribution is -0.135. The Bertz CT molecular complexity index is 275. The van der Waals surface area contributed by atoms with Gasteiger partial charge in [-0.05, 0) is 46.0 Å². The molecule has 0 aromatic rings. The van der Waals surface area contributed by atoms with Gasteiger partial charge in [-0.15, -0.1) is 0 Å². The van der Waals surface area contributed by atoms with Crippen molar-refractivity contribution in [3.05, 3.63) is 0 Å². The standard InChI is InChI=1S/C12H22N2O/c1-5-12(4)11(15)14(9(3)13-12)8(2)10-6-7-10/h8-10,13H,5-7H2,1-4H3. The zero-order chi connectivity index (χ0) is 11.2. The zero-order valence-corrected chi connectivity index (χ0v) is 10.2. The van der Waals surface area contributed by atoms with E-state index < -0.39 is 0 Å². The number of hydrogen-bond acceptors (Lipinski definition) is 2. The summed E-state index contributed by atoms with van der Waals surface area (Å²) in [4.78, 5) is 14.4. The van der Waals surface area contributed by atoms with Crippen LogP contribution in [0, 0.1) is 5.92 Å². The largest absolute Gasteiger partial charge is 0.323 e. The smallest absolute Gasteiger partial charge is 0.244 e. The number of hydrogen-bond donors (Lipinski definition) is 1. The second-order valence-electron chi connectivity index (χ2n) is 5.30. The molecule has 2 rings (SSSR count). The Morgan fingerprint density at radius 2 is 2.20 bits per heavy atom. The van der Waals surface area contributed by atoms with Gasteiger partial charge >= 0.3 is 0 Å². The highest BCUT2D eigenvalue weighted by atomic mass is 16.2. The van der Waals surface area contributed by atoms with Gasteiger partial charge in [-0.2, -0.15) is 0 Å². The monoisotopic (exact) mass is 210 g/mol. The molecule has 86 valence electrons. The van der Waals surface area contributed by atoms with Crippen molar-refractivity contribution < 1.29 is 4.79 Å². The van der Waals surface area contributed by atoms with E-state index in [0.717, 1.165) is 12.3 Å². The van der Waals surface area contributed by atoms with Gasteiger partial charge in [-0.1, -0.05) is 6.92 Å². The molecule has 1 aliphatic heterocycles. The van der Waals surface area contributed by atoms with Crippen molar-refractivity contribution in [1.29, 1.82) is 0 Å². The minimum absolute atomic E-state index is 0.193. The molecule has 3 atom stereocenters. The summed E-state index contributed by atoms with van der Waals surface area (Å²) in [5.41, 5.74) is -0.331. The normalized spacial score (nSPS) is 38.5. The van der Waals surface area contributed by atoms with Crippen molar-refractivity contribution >= 4 is 5.91 Å². The van der Waals surface area contributed by atoms with Gasteiger partial charge in [0.15, 0.2) is 0 Å². The molecule has 2 aliphatic rings. The van der Waals surface area contributed by atoms with Crippen LogP contribution in [0.4, 0.5) is 0 Å². The summed E-state index contributed by atoms with van der Waals surface area (Å²) in [5, 5.41) is 3.42. The van der Waals surface area contributed by atoms with E-state index in [4.69, 9.17) is 0 Å². The molecule has 1 amide bonds. The molecule has 1 heterocycles. The highest BCUT2D eigenvalue weighted by Crippen LogP contribution is 2.38. The fourth-order valence-corrected chi connectivity index (χ4v) is 2.65. The van der Waals surface area contributed by atoms with Crippen LogP contribution < -0.4 is 5.32 Å². The highest BCUT2D eigenvalue weighted by Gasteiger charge is 2.49. The molecular weight excluding hydrogens is 188 g/mol. The number of rotatable bonds is 3. The molecule has 2 fully saturated rings. The summed E-state index contributed by atoms with van der Waals surface area (Å²) in [6.45, 7) is 8.38. The third-order valence-electron chi connectivity index (χ3n) is 4.10. The molecule has 1 aliphatic carbocycles. The first kappa shape index (κ1) is 10.9. The Balaban J connectivity index is 2.15. The molecule has 0 bridgehead atoms. The second-order valence-corrected chi connectivity index (χ2v) is 5.30. The number of nitrogens with one attached hydrogen (secondary N) is 1. The number of carbonyl (C=O) groups excluding carboxylic acids is 1. The Hall–Kier alpha value is -0.570. The summed E-state index contributed by atoms with van der Waals surface area (Å²) in [5.74, 6) is 1.04. The third kappa shape index (κ3) is 1.67. The van der Waals surface area contributed by atoms with Crippen LogP contribution in [0.2, 0.25) is 0 Å². The highest BCUT2D eigenvalue weighted by molar-refractivity contribution is 5.88. The summed E-state index contributed by atoms with van der Waals surface area (Å²) < 4.78 is 0. The molecule has 0 aromatic heterocycles. The lowest BCUT2D eigenvalue weighted by Crippen LogP contribution is -2.44. The average molecular weight is 210 g/mol. The Morgan fingerprint density at radius 1 is 1.60 bits per heavy atom. The van der Waals surface area contributed by atoms with Crippen molar-refractivity contribution in [1.82, 2.24) is 10.2 Å². The molecular formula is C12H22N2O. The van der Waals surface area contributed by atoms with Gasteiger partial charge in [0.25, 0.3) is 0 Å². The van der Waals surface area contributed by atoms with Crippen LogP contribution in [0.5, 0.6) is 0 Å². The van der Waals surface area contributed by atoms with Crippen LogP contribution in [-0.2, 0) is 4.79 Å². The fourth-order valence-electron chi connectivity index (χ4n) is 2.65. The van der Waals surface area contributed by atoms with Crippen molar-refractivity contribution in [3.8, 4) is 0 Å². The average Bonchev–Trinajstić information content (AvgIpc) is 2.97. The molecule has 15 heavy (non-hydrogen) atoms. The maximum absolute atomic E-state index is 12.3. The molecule has 0 radical (unpaired) electrons. The minimum atomic E-state index is -0.331. The summed E-state index contributed by atoms with van der Waals surface area (Å²) in [6, 6.07) is 0.411. The first-order valence-electron chi connectivity index (χ1n) is 6.10. The maximum atomic E-state index is 12.3. The first-order valence-corrected chi connectivity index (χ1v) is 6.10. The molecule has 1 saturated heterocycles. The SMILES string of the molecule is CCC1(C)NC(C)N(C(C)C2CC2)C1=O. The van der Waals surface area contributed by atoms with E-state index in [-0.39, 0.29) is 17.6 Å². The van der Waals surface area contributed by atoms with Crippen molar-refractivity contribution in [3.63, 3.8) is 0 Å². The molecule has 3 unspecified atom stereocenters. The van der Waals surface area contributed by atoms with Gasteiger partial charge in [0.1, 0.15) is 0 Å². The third-order valence-corrected chi connectivity index (χ3v) is 4.10. The molecule has 1 saturated carbocycles. The molecule has 0 aromatic carbocycles. The van der Waals surface area contributed by atoms with E-state index in [9.17, 15) is 4.79 Å². The number of nitrogens with zero attached hydrogens (tertiary/aromatic N) is 1. The topological polar surface area (TPSA) is 32.3 Å². The first-order chi connectivity index (χ1) is 6.99. The maximum Gasteiger partial charge on any atom is 0.244 e. The number of carbonyl (C=O) groups is 1. The van der Waals surface area contributed by atoms with Crippen LogP contribution >= 0.6 is 0 Å². The van der Waals surface area contributed by atoms with Crippen molar-refractivity contribution in [2.75, 3.05) is 0 Å². The van der Waals surface area contributed by atoms with E-state index in [1.54, 1.807) is 0 Å². The van der Waals surface area contributed by atoms with Crippen molar-refractivity contribution in [2.45, 2.75) is 64.7 Å². The number of amides is 1. The van der Waals surface area contributed by atoms with E-state index in [1.165, 1.54) is 12.8 Å². The summed E-state index contributed by atoms with van der Waals surface area (Å²) >= 11 is 0. The van der Waals surface area contributed by atoms with Gasteiger partial charge in [-0.25, -0.2) is 0 Å². The van der Waals surface area contributed by atoms with Crippen molar-refractivity contribution in [2.24, 2.45) is 5.92 Å². The summed E-state index contributed by atoms with van der Waals surface area (Å²) in [6.07, 6.45) is 3.64. The fraction of sp³-hybridized carbons (Fsp3) is 0.917. The predicted molar refractivity (Wildman–Crippen MR) is 60.3 cm³/mol. The van der Waals surface area contributed by atoms with Crippen LogP contribution in [0.15, 0.2) is 0 Å². The van der Waals surface area contributed by atoms with Gasteiger partial charge < -0.3 is 4.90 Å². The van der Waals surface area contributed by atoms with E-state index in [2.05, 4.69) is 31.0 Å².